The second-order valence-electron chi connectivity index (χ2n) is 8.47. The summed E-state index contributed by atoms with van der Waals surface area (Å²) in [5.74, 6) is 0.212. The minimum Gasteiger partial charge on any atom is -0.319 e. The Bertz CT molecular complexity index is 1330. The van der Waals surface area contributed by atoms with Crippen LogP contribution in [0.4, 0.5) is 11.4 Å². The van der Waals surface area contributed by atoms with E-state index in [-0.39, 0.29) is 28.6 Å². The number of carbonyl (C=O) groups excluding carboxylic acids is 1. The van der Waals surface area contributed by atoms with E-state index in [0.717, 1.165) is 40.6 Å². The second kappa shape index (κ2) is 9.26. The van der Waals surface area contributed by atoms with Crippen molar-refractivity contribution in [2.75, 3.05) is 11.1 Å². The summed E-state index contributed by atoms with van der Waals surface area (Å²) in [4.78, 5) is 43.6. The molecule has 1 aliphatic rings. The smallest absolute Gasteiger partial charge is 0.293 e. The zero-order chi connectivity index (χ0) is 23.9. The summed E-state index contributed by atoms with van der Waals surface area (Å²) < 4.78 is 1.62. The minimum absolute atomic E-state index is 0.00932. The molecule has 3 aromatic rings. The monoisotopic (exact) mass is 486 g/mol. The van der Waals surface area contributed by atoms with E-state index in [1.54, 1.807) is 28.9 Å². The highest BCUT2D eigenvalue weighted by Crippen LogP contribution is 2.36. The molecule has 2 heterocycles. The van der Waals surface area contributed by atoms with Crippen molar-refractivity contribution in [2.24, 2.45) is 5.92 Å². The van der Waals surface area contributed by atoms with Gasteiger partial charge in [-0.2, -0.15) is 0 Å². The number of nitro benzene ring substituents is 1. The lowest BCUT2D eigenvalue weighted by molar-refractivity contribution is -0.384. The van der Waals surface area contributed by atoms with Crippen LogP contribution in [0.3, 0.4) is 0 Å². The van der Waals surface area contributed by atoms with Crippen molar-refractivity contribution in [2.45, 2.75) is 58.7 Å². The summed E-state index contributed by atoms with van der Waals surface area (Å²) in [5, 5.41) is 15.3. The first-order valence-corrected chi connectivity index (χ1v) is 12.7. The van der Waals surface area contributed by atoms with Crippen LogP contribution in [-0.4, -0.2) is 26.1 Å². The van der Waals surface area contributed by atoms with Crippen molar-refractivity contribution in [1.29, 1.82) is 0 Å². The molecule has 0 radical (unpaired) electrons. The summed E-state index contributed by atoms with van der Waals surface area (Å²) in [6, 6.07) is 3.06. The number of thioether (sulfide) groups is 1. The number of benzene rings is 1. The van der Waals surface area contributed by atoms with E-state index in [1.807, 2.05) is 13.8 Å². The summed E-state index contributed by atoms with van der Waals surface area (Å²) in [6.07, 6.45) is 2.95. The number of hydrogen-bond acceptors (Lipinski definition) is 7. The van der Waals surface area contributed by atoms with Crippen LogP contribution in [0.1, 0.15) is 41.8 Å². The summed E-state index contributed by atoms with van der Waals surface area (Å²) >= 11 is 2.76. The maximum Gasteiger partial charge on any atom is 0.293 e. The number of nitrogens with one attached hydrogen (secondary N) is 1. The molecule has 0 fully saturated rings. The predicted molar refractivity (Wildman–Crippen MR) is 133 cm³/mol. The summed E-state index contributed by atoms with van der Waals surface area (Å²) in [5.41, 5.74) is 2.67. The number of aryl methyl sites for hydroxylation is 2. The average Bonchev–Trinajstić information content (AvgIpc) is 3.12. The van der Waals surface area contributed by atoms with Gasteiger partial charge in [0.05, 0.1) is 16.1 Å². The molecule has 1 amide bonds. The lowest BCUT2D eigenvalue weighted by Crippen LogP contribution is -2.24. The van der Waals surface area contributed by atoms with E-state index in [4.69, 9.17) is 4.98 Å². The van der Waals surface area contributed by atoms with Crippen LogP contribution in [0.5, 0.6) is 0 Å². The van der Waals surface area contributed by atoms with Gasteiger partial charge in [0.25, 0.3) is 11.2 Å². The Kier molecular flexibility index (Phi) is 6.58. The first-order chi connectivity index (χ1) is 15.7. The minimum atomic E-state index is -0.501. The molecule has 33 heavy (non-hydrogen) atoms. The Hall–Kier alpha value is -2.72. The first-order valence-electron chi connectivity index (χ1n) is 10.9. The number of nitrogens with zero attached hydrogens (tertiary/aromatic N) is 3. The van der Waals surface area contributed by atoms with Gasteiger partial charge in [-0.1, -0.05) is 24.8 Å². The summed E-state index contributed by atoms with van der Waals surface area (Å²) in [6.45, 7) is 8.15. The van der Waals surface area contributed by atoms with Crippen LogP contribution in [0.25, 0.3) is 10.2 Å². The van der Waals surface area contributed by atoms with Gasteiger partial charge in [0.1, 0.15) is 10.5 Å². The molecule has 1 atom stereocenters. The van der Waals surface area contributed by atoms with Gasteiger partial charge < -0.3 is 5.32 Å². The number of rotatable bonds is 6. The number of aromatic nitrogens is 2. The maximum absolute atomic E-state index is 13.3. The van der Waals surface area contributed by atoms with Crippen molar-refractivity contribution in [1.82, 2.24) is 9.55 Å². The first kappa shape index (κ1) is 23.4. The van der Waals surface area contributed by atoms with Gasteiger partial charge in [-0.15, -0.1) is 11.3 Å². The van der Waals surface area contributed by atoms with Crippen molar-refractivity contribution in [3.63, 3.8) is 0 Å². The predicted octanol–water partition coefficient (Wildman–Crippen LogP) is 4.86. The Balaban J connectivity index is 1.60. The molecule has 4 rings (SSSR count). The van der Waals surface area contributed by atoms with E-state index in [9.17, 15) is 19.7 Å². The highest BCUT2D eigenvalue weighted by Gasteiger charge is 2.25. The third kappa shape index (κ3) is 4.41. The van der Waals surface area contributed by atoms with Crippen molar-refractivity contribution in [3.8, 4) is 0 Å². The van der Waals surface area contributed by atoms with Crippen LogP contribution in [0, 0.1) is 29.9 Å². The number of nitro groups is 1. The van der Waals surface area contributed by atoms with Gasteiger partial charge in [0, 0.05) is 17.5 Å². The van der Waals surface area contributed by atoms with E-state index in [1.165, 1.54) is 22.7 Å². The normalized spacial score (nSPS) is 15.5. The van der Waals surface area contributed by atoms with E-state index in [2.05, 4.69) is 12.2 Å². The number of carbonyl (C=O) groups is 1. The standard InChI is InChI=1S/C23H26N4O4S2/c1-5-26-22(29)19-15-8-6-12(2)10-17(15)33-21(19)25-23(26)32-11-18(28)24-20-14(4)13(3)7-9-16(20)27(30)31/h7,9,12H,5-6,8,10-11H2,1-4H3,(H,24,28). The maximum atomic E-state index is 13.3. The van der Waals surface area contributed by atoms with Crippen LogP contribution in [0.15, 0.2) is 22.1 Å². The van der Waals surface area contributed by atoms with Crippen molar-refractivity contribution >= 4 is 50.6 Å². The molecule has 2 aromatic heterocycles. The second-order valence-corrected chi connectivity index (χ2v) is 10.5. The number of hydrogen-bond donors (Lipinski definition) is 1. The number of amides is 1. The van der Waals surface area contributed by atoms with Crippen LogP contribution < -0.4 is 10.9 Å². The largest absolute Gasteiger partial charge is 0.319 e. The molecule has 1 aromatic carbocycles. The fourth-order valence-electron chi connectivity index (χ4n) is 4.21. The Labute approximate surface area is 199 Å². The van der Waals surface area contributed by atoms with E-state index in [0.29, 0.717) is 23.2 Å². The van der Waals surface area contributed by atoms with E-state index < -0.39 is 4.92 Å². The van der Waals surface area contributed by atoms with Crippen LogP contribution in [0.2, 0.25) is 0 Å². The third-order valence-corrected chi connectivity index (χ3v) is 8.33. The zero-order valence-electron chi connectivity index (χ0n) is 19.1. The quantitative estimate of drug-likeness (QED) is 0.231. The molecule has 0 spiro atoms. The Morgan fingerprint density at radius 3 is 2.85 bits per heavy atom. The molecular weight excluding hydrogens is 460 g/mol. The molecule has 1 unspecified atom stereocenters. The van der Waals surface area contributed by atoms with Gasteiger partial charge in [0.15, 0.2) is 5.16 Å². The molecule has 1 N–H and O–H groups in total. The zero-order valence-corrected chi connectivity index (χ0v) is 20.7. The van der Waals surface area contributed by atoms with Gasteiger partial charge in [-0.25, -0.2) is 4.98 Å². The number of fused-ring (bicyclic) bond motifs is 3. The summed E-state index contributed by atoms with van der Waals surface area (Å²) in [7, 11) is 0. The molecule has 8 nitrogen and oxygen atoms in total. The highest BCUT2D eigenvalue weighted by atomic mass is 32.2. The lowest BCUT2D eigenvalue weighted by atomic mass is 9.89. The molecule has 0 aliphatic heterocycles. The molecular formula is C23H26N4O4S2. The van der Waals surface area contributed by atoms with Crippen molar-refractivity contribution in [3.05, 3.63) is 54.2 Å². The molecule has 0 saturated heterocycles. The van der Waals surface area contributed by atoms with Crippen molar-refractivity contribution < 1.29 is 9.72 Å². The van der Waals surface area contributed by atoms with E-state index >= 15 is 0 Å². The van der Waals surface area contributed by atoms with Crippen LogP contribution in [-0.2, 0) is 24.2 Å². The number of anilines is 1. The average molecular weight is 487 g/mol. The SMILES string of the molecule is CCn1c(SCC(=O)Nc2c([N+](=O)[O-])ccc(C)c2C)nc2sc3c(c2c1=O)CCC(C)C3. The molecule has 174 valence electrons. The fraction of sp³-hybridized carbons (Fsp3) is 0.435. The van der Waals surface area contributed by atoms with Crippen LogP contribution >= 0.6 is 23.1 Å². The highest BCUT2D eigenvalue weighted by molar-refractivity contribution is 7.99. The molecule has 10 heteroatoms. The Morgan fingerprint density at radius 2 is 2.15 bits per heavy atom. The van der Waals surface area contributed by atoms with Gasteiger partial charge in [-0.05, 0) is 62.6 Å². The fourth-order valence-corrected chi connectivity index (χ4v) is 6.50. The lowest BCUT2D eigenvalue weighted by Gasteiger charge is -2.17. The molecule has 1 aliphatic carbocycles. The third-order valence-electron chi connectivity index (χ3n) is 6.20. The Morgan fingerprint density at radius 1 is 1.39 bits per heavy atom. The van der Waals surface area contributed by atoms with Gasteiger partial charge >= 0.3 is 0 Å². The molecule has 0 bridgehead atoms. The number of thiophene rings is 1. The van der Waals surface area contributed by atoms with Gasteiger partial charge in [-0.3, -0.25) is 24.3 Å². The molecule has 0 saturated carbocycles. The topological polar surface area (TPSA) is 107 Å². The van der Waals surface area contributed by atoms with Gasteiger partial charge in [0.2, 0.25) is 5.91 Å².